The number of benzene rings is 3. The van der Waals surface area contributed by atoms with Crippen LogP contribution in [-0.4, -0.2) is 42.9 Å². The summed E-state index contributed by atoms with van der Waals surface area (Å²) < 4.78 is 41.4. The van der Waals surface area contributed by atoms with E-state index in [1.807, 2.05) is 30.3 Å². The van der Waals surface area contributed by atoms with Crippen molar-refractivity contribution in [2.75, 3.05) is 18.1 Å². The van der Waals surface area contributed by atoms with Crippen LogP contribution < -0.4 is 5.01 Å². The number of hydrazone groups is 1. The Hall–Kier alpha value is -3.47. The molecular formula is C25H21FN4O3S2. The lowest BCUT2D eigenvalue weighted by molar-refractivity contribution is 0.0987. The third kappa shape index (κ3) is 4.86. The minimum atomic E-state index is -3.59. The Balaban J connectivity index is 1.49. The second-order valence-electron chi connectivity index (χ2n) is 8.02. The molecule has 35 heavy (non-hydrogen) atoms. The second-order valence-corrected chi connectivity index (χ2v) is 11.0. The third-order valence-corrected chi connectivity index (χ3v) is 8.55. The number of aromatic nitrogens is 1. The Bertz CT molecular complexity index is 1500. The lowest BCUT2D eigenvalue weighted by Crippen LogP contribution is -2.28. The molecule has 1 fully saturated rings. The van der Waals surface area contributed by atoms with Crippen LogP contribution in [0.4, 0.5) is 9.52 Å². The van der Waals surface area contributed by atoms with Gasteiger partial charge < -0.3 is 0 Å². The number of hydrogen-bond donors (Lipinski definition) is 0. The highest BCUT2D eigenvalue weighted by Gasteiger charge is 2.28. The number of fused-ring (bicyclic) bond motifs is 1. The van der Waals surface area contributed by atoms with Crippen molar-refractivity contribution in [2.24, 2.45) is 5.10 Å². The van der Waals surface area contributed by atoms with Crippen molar-refractivity contribution in [3.8, 4) is 0 Å². The average molecular weight is 509 g/mol. The first kappa shape index (κ1) is 23.3. The van der Waals surface area contributed by atoms with Crippen LogP contribution in [-0.2, 0) is 10.0 Å². The van der Waals surface area contributed by atoms with Gasteiger partial charge in [-0.25, -0.2) is 17.8 Å². The largest absolute Gasteiger partial charge is 0.280 e. The van der Waals surface area contributed by atoms with Gasteiger partial charge in [0.05, 0.1) is 21.3 Å². The summed E-state index contributed by atoms with van der Waals surface area (Å²) in [4.78, 5) is 18.1. The normalized spacial score (nSPS) is 14.7. The van der Waals surface area contributed by atoms with Crippen molar-refractivity contribution >= 4 is 48.8 Å². The fourth-order valence-electron chi connectivity index (χ4n) is 3.80. The molecule has 4 aromatic rings. The summed E-state index contributed by atoms with van der Waals surface area (Å²) in [6.45, 7) is 1.01. The molecule has 0 bridgehead atoms. The first-order chi connectivity index (χ1) is 16.9. The molecule has 1 amide bonds. The third-order valence-electron chi connectivity index (χ3n) is 5.64. The fraction of sp³-hybridized carbons (Fsp3) is 0.160. The van der Waals surface area contributed by atoms with Crippen LogP contribution in [0.25, 0.3) is 10.2 Å². The van der Waals surface area contributed by atoms with E-state index >= 15 is 0 Å². The number of hydrogen-bond acceptors (Lipinski definition) is 6. The Morgan fingerprint density at radius 3 is 2.46 bits per heavy atom. The van der Waals surface area contributed by atoms with Crippen LogP contribution in [0, 0.1) is 5.82 Å². The first-order valence-corrected chi connectivity index (χ1v) is 13.3. The van der Waals surface area contributed by atoms with Gasteiger partial charge in [0.2, 0.25) is 15.2 Å². The lowest BCUT2D eigenvalue weighted by Gasteiger charge is -2.16. The zero-order chi connectivity index (χ0) is 24.4. The van der Waals surface area contributed by atoms with Crippen molar-refractivity contribution < 1.29 is 17.6 Å². The van der Waals surface area contributed by atoms with E-state index < -0.39 is 21.7 Å². The van der Waals surface area contributed by atoms with Gasteiger partial charge in [0.1, 0.15) is 5.82 Å². The quantitative estimate of drug-likeness (QED) is 0.274. The molecule has 1 saturated heterocycles. The van der Waals surface area contributed by atoms with E-state index in [4.69, 9.17) is 0 Å². The molecule has 2 heterocycles. The van der Waals surface area contributed by atoms with Crippen molar-refractivity contribution in [2.45, 2.75) is 17.7 Å². The number of thiazole rings is 1. The van der Waals surface area contributed by atoms with Crippen molar-refractivity contribution in [1.82, 2.24) is 9.29 Å². The molecule has 1 aliphatic rings. The summed E-state index contributed by atoms with van der Waals surface area (Å²) in [5.74, 6) is -0.880. The fourth-order valence-corrected chi connectivity index (χ4v) is 6.26. The number of anilines is 1. The van der Waals surface area contributed by atoms with Crippen molar-refractivity contribution in [3.05, 3.63) is 89.7 Å². The highest BCUT2D eigenvalue weighted by molar-refractivity contribution is 7.89. The monoisotopic (exact) mass is 508 g/mol. The molecule has 0 N–H and O–H groups in total. The summed E-state index contributed by atoms with van der Waals surface area (Å²) in [6, 6.07) is 19.3. The molecule has 7 nitrogen and oxygen atoms in total. The summed E-state index contributed by atoms with van der Waals surface area (Å²) in [7, 11) is -3.59. The predicted octanol–water partition coefficient (Wildman–Crippen LogP) is 4.90. The van der Waals surface area contributed by atoms with E-state index in [1.165, 1.54) is 46.9 Å². The standard InChI is InChI=1S/C25H21FN4O3S2/c26-20-10-13-22-23(16-20)34-25(28-22)30(27-17-18-6-2-1-3-7-18)24(31)19-8-11-21(12-9-19)35(32,33)29-14-4-5-15-29/h1-3,6-13,16-17H,4-5,14-15H2/b27-17+. The van der Waals surface area contributed by atoms with Crippen LogP contribution >= 0.6 is 11.3 Å². The molecule has 3 aromatic carbocycles. The van der Waals surface area contributed by atoms with Gasteiger partial charge >= 0.3 is 0 Å². The van der Waals surface area contributed by atoms with Crippen molar-refractivity contribution in [1.29, 1.82) is 0 Å². The minimum Gasteiger partial charge on any atom is -0.267 e. The van der Waals surface area contributed by atoms with Gasteiger partial charge in [-0.15, -0.1) is 0 Å². The Morgan fingerprint density at radius 2 is 1.74 bits per heavy atom. The van der Waals surface area contributed by atoms with E-state index in [1.54, 1.807) is 6.07 Å². The van der Waals surface area contributed by atoms with E-state index in [2.05, 4.69) is 10.1 Å². The van der Waals surface area contributed by atoms with Crippen molar-refractivity contribution in [3.63, 3.8) is 0 Å². The Kier molecular flexibility index (Phi) is 6.42. The molecule has 0 unspecified atom stereocenters. The average Bonchev–Trinajstić information content (AvgIpc) is 3.55. The first-order valence-electron chi connectivity index (χ1n) is 11.0. The molecule has 1 aliphatic heterocycles. The molecule has 0 saturated carbocycles. The summed E-state index contributed by atoms with van der Waals surface area (Å²) >= 11 is 1.14. The molecule has 0 spiro atoms. The highest BCUT2D eigenvalue weighted by atomic mass is 32.2. The summed E-state index contributed by atoms with van der Waals surface area (Å²) in [6.07, 6.45) is 3.23. The number of carbonyl (C=O) groups is 1. The molecule has 178 valence electrons. The number of rotatable bonds is 6. The second kappa shape index (κ2) is 9.65. The van der Waals surface area contributed by atoms with Crippen LogP contribution in [0.1, 0.15) is 28.8 Å². The molecule has 5 rings (SSSR count). The van der Waals surface area contributed by atoms with Crippen LogP contribution in [0.15, 0.2) is 82.8 Å². The number of sulfonamides is 1. The lowest BCUT2D eigenvalue weighted by atomic mass is 10.2. The molecule has 1 aromatic heterocycles. The Labute approximate surface area is 206 Å². The maximum atomic E-state index is 13.7. The molecule has 10 heteroatoms. The SMILES string of the molecule is O=C(c1ccc(S(=O)(=O)N2CCCC2)cc1)N(/N=C/c1ccccc1)c1nc2ccc(F)cc2s1. The number of nitrogens with zero attached hydrogens (tertiary/aromatic N) is 4. The van der Waals surface area contributed by atoms with Crippen LogP contribution in [0.2, 0.25) is 0 Å². The molecule has 0 atom stereocenters. The molecule has 0 aliphatic carbocycles. The number of halogens is 1. The smallest absolute Gasteiger partial charge is 0.267 e. The minimum absolute atomic E-state index is 0.144. The predicted molar refractivity (Wildman–Crippen MR) is 135 cm³/mol. The number of carbonyl (C=O) groups excluding carboxylic acids is 1. The van der Waals surface area contributed by atoms with E-state index in [-0.39, 0.29) is 15.6 Å². The number of amides is 1. The highest BCUT2D eigenvalue weighted by Crippen LogP contribution is 2.31. The van der Waals surface area contributed by atoms with E-state index in [0.29, 0.717) is 23.3 Å². The van der Waals surface area contributed by atoms with Gasteiger partial charge in [-0.1, -0.05) is 41.7 Å². The van der Waals surface area contributed by atoms with Gasteiger partial charge in [0.25, 0.3) is 5.91 Å². The van der Waals surface area contributed by atoms with Crippen LogP contribution in [0.3, 0.4) is 0 Å². The Morgan fingerprint density at radius 1 is 1.03 bits per heavy atom. The zero-order valence-electron chi connectivity index (χ0n) is 18.5. The topological polar surface area (TPSA) is 82.9 Å². The summed E-state index contributed by atoms with van der Waals surface area (Å²) in [5.41, 5.74) is 1.58. The molecule has 0 radical (unpaired) electrons. The maximum Gasteiger partial charge on any atom is 0.280 e. The van der Waals surface area contributed by atoms with Gasteiger partial charge in [0.15, 0.2) is 0 Å². The van der Waals surface area contributed by atoms with Gasteiger partial charge in [-0.2, -0.15) is 14.4 Å². The molecular weight excluding hydrogens is 487 g/mol. The van der Waals surface area contributed by atoms with Gasteiger partial charge in [0, 0.05) is 18.7 Å². The van der Waals surface area contributed by atoms with Crippen LogP contribution in [0.5, 0.6) is 0 Å². The van der Waals surface area contributed by atoms with E-state index in [0.717, 1.165) is 34.8 Å². The summed E-state index contributed by atoms with van der Waals surface area (Å²) in [5, 5.41) is 5.81. The van der Waals surface area contributed by atoms with E-state index in [9.17, 15) is 17.6 Å². The van der Waals surface area contributed by atoms with Gasteiger partial charge in [-0.3, -0.25) is 4.79 Å². The van der Waals surface area contributed by atoms with Gasteiger partial charge in [-0.05, 0) is 60.9 Å². The zero-order valence-corrected chi connectivity index (χ0v) is 20.2. The maximum absolute atomic E-state index is 13.7.